The summed E-state index contributed by atoms with van der Waals surface area (Å²) in [5.74, 6) is -0.251. The maximum atomic E-state index is 12.6. The van der Waals surface area contributed by atoms with Crippen LogP contribution < -0.4 is 0 Å². The van der Waals surface area contributed by atoms with Crippen molar-refractivity contribution in [1.82, 2.24) is 14.8 Å². The lowest BCUT2D eigenvalue weighted by atomic mass is 9.97. The Morgan fingerprint density at radius 3 is 2.92 bits per heavy atom. The van der Waals surface area contributed by atoms with Crippen LogP contribution in [-0.2, 0) is 20.7 Å². The van der Waals surface area contributed by atoms with Crippen LogP contribution in [0.2, 0.25) is 0 Å². The summed E-state index contributed by atoms with van der Waals surface area (Å²) < 4.78 is 4.94. The van der Waals surface area contributed by atoms with E-state index in [1.807, 2.05) is 30.0 Å². The van der Waals surface area contributed by atoms with E-state index >= 15 is 0 Å². The molecule has 0 spiro atoms. The van der Waals surface area contributed by atoms with Gasteiger partial charge in [-0.25, -0.2) is 0 Å². The van der Waals surface area contributed by atoms with Crippen LogP contribution in [0.1, 0.15) is 25.5 Å². The molecule has 130 valence electrons. The van der Waals surface area contributed by atoms with Crippen LogP contribution in [0, 0.1) is 5.92 Å². The third kappa shape index (κ3) is 3.29. The molecule has 0 aliphatic carbocycles. The SMILES string of the molecule is CC[C@H]1[C@@H](C(=O)OC)C[C@H]2CN(CCc3ccccn3)CC(=O)N21. The number of esters is 1. The second kappa shape index (κ2) is 7.30. The van der Waals surface area contributed by atoms with Crippen molar-refractivity contribution in [3.63, 3.8) is 0 Å². The quantitative estimate of drug-likeness (QED) is 0.756. The number of nitrogens with zero attached hydrogens (tertiary/aromatic N) is 3. The molecule has 0 bridgehead atoms. The molecule has 2 aliphatic rings. The second-order valence-electron chi connectivity index (χ2n) is 6.60. The summed E-state index contributed by atoms with van der Waals surface area (Å²) in [6.45, 7) is 4.09. The molecule has 1 amide bonds. The number of fused-ring (bicyclic) bond motifs is 1. The van der Waals surface area contributed by atoms with Crippen LogP contribution in [0.4, 0.5) is 0 Å². The molecule has 0 unspecified atom stereocenters. The number of hydrogen-bond acceptors (Lipinski definition) is 5. The highest BCUT2D eigenvalue weighted by Gasteiger charge is 2.49. The van der Waals surface area contributed by atoms with Gasteiger partial charge in [0.25, 0.3) is 0 Å². The maximum Gasteiger partial charge on any atom is 0.310 e. The van der Waals surface area contributed by atoms with E-state index in [1.54, 1.807) is 6.20 Å². The first-order valence-corrected chi connectivity index (χ1v) is 8.65. The summed E-state index contributed by atoms with van der Waals surface area (Å²) in [7, 11) is 1.42. The first kappa shape index (κ1) is 16.9. The number of ether oxygens (including phenoxy) is 1. The topological polar surface area (TPSA) is 62.7 Å². The maximum absolute atomic E-state index is 12.6. The molecule has 1 aromatic rings. The molecule has 6 heteroatoms. The highest BCUT2D eigenvalue weighted by molar-refractivity contribution is 5.82. The molecule has 0 saturated carbocycles. The van der Waals surface area contributed by atoms with Gasteiger partial charge in [0.15, 0.2) is 0 Å². The summed E-state index contributed by atoms with van der Waals surface area (Å²) in [5, 5.41) is 0. The van der Waals surface area contributed by atoms with Crippen LogP contribution in [0.5, 0.6) is 0 Å². The fourth-order valence-corrected chi connectivity index (χ4v) is 4.09. The van der Waals surface area contributed by atoms with Crippen molar-refractivity contribution in [1.29, 1.82) is 0 Å². The Labute approximate surface area is 142 Å². The molecule has 2 aliphatic heterocycles. The van der Waals surface area contributed by atoms with Gasteiger partial charge in [-0.3, -0.25) is 19.5 Å². The molecule has 2 fully saturated rings. The fraction of sp³-hybridized carbons (Fsp3) is 0.611. The Bertz CT molecular complexity index is 592. The zero-order valence-electron chi connectivity index (χ0n) is 14.4. The predicted molar refractivity (Wildman–Crippen MR) is 89.2 cm³/mol. The lowest BCUT2D eigenvalue weighted by molar-refractivity contribution is -0.147. The van der Waals surface area contributed by atoms with Gasteiger partial charge in [0.1, 0.15) is 0 Å². The molecular formula is C18H25N3O3. The Kier molecular flexibility index (Phi) is 5.14. The van der Waals surface area contributed by atoms with E-state index in [-0.39, 0.29) is 29.9 Å². The van der Waals surface area contributed by atoms with Gasteiger partial charge in [0.2, 0.25) is 5.91 Å². The number of carbonyl (C=O) groups is 2. The molecule has 6 nitrogen and oxygen atoms in total. The Morgan fingerprint density at radius 2 is 2.25 bits per heavy atom. The molecular weight excluding hydrogens is 306 g/mol. The molecule has 3 heterocycles. The van der Waals surface area contributed by atoms with Crippen LogP contribution in [-0.4, -0.2) is 65.5 Å². The van der Waals surface area contributed by atoms with Crippen molar-refractivity contribution >= 4 is 11.9 Å². The van der Waals surface area contributed by atoms with Crippen molar-refractivity contribution in [2.45, 2.75) is 38.3 Å². The minimum Gasteiger partial charge on any atom is -0.469 e. The van der Waals surface area contributed by atoms with E-state index in [4.69, 9.17) is 4.74 Å². The highest BCUT2D eigenvalue weighted by Crippen LogP contribution is 2.35. The molecule has 0 radical (unpaired) electrons. The highest BCUT2D eigenvalue weighted by atomic mass is 16.5. The first-order valence-electron chi connectivity index (χ1n) is 8.65. The van der Waals surface area contributed by atoms with Crippen molar-refractivity contribution in [2.75, 3.05) is 26.7 Å². The summed E-state index contributed by atoms with van der Waals surface area (Å²) in [5.41, 5.74) is 1.04. The van der Waals surface area contributed by atoms with Crippen molar-refractivity contribution in [3.05, 3.63) is 30.1 Å². The summed E-state index contributed by atoms with van der Waals surface area (Å²) in [4.78, 5) is 33.1. The minimum absolute atomic E-state index is 0.0205. The molecule has 1 aromatic heterocycles. The first-order chi connectivity index (χ1) is 11.6. The zero-order valence-corrected chi connectivity index (χ0v) is 14.4. The van der Waals surface area contributed by atoms with Gasteiger partial charge >= 0.3 is 5.97 Å². The molecule has 2 saturated heterocycles. The molecule has 0 aromatic carbocycles. The lowest BCUT2D eigenvalue weighted by Gasteiger charge is -2.39. The van der Waals surface area contributed by atoms with Crippen molar-refractivity contribution in [2.24, 2.45) is 5.92 Å². The van der Waals surface area contributed by atoms with E-state index in [0.717, 1.165) is 31.6 Å². The molecule has 3 atom stereocenters. The lowest BCUT2D eigenvalue weighted by Crippen LogP contribution is -2.56. The Balaban J connectivity index is 1.65. The van der Waals surface area contributed by atoms with E-state index in [1.165, 1.54) is 7.11 Å². The summed E-state index contributed by atoms with van der Waals surface area (Å²) in [6.07, 6.45) is 4.12. The molecule has 0 N–H and O–H groups in total. The number of aromatic nitrogens is 1. The standard InChI is InChI=1S/C18H25N3O3/c1-3-16-15(18(23)24-2)10-14-11-20(12-17(22)21(14)16)9-7-13-6-4-5-8-19-13/h4-6,8,14-16H,3,7,9-12H2,1-2H3/t14-,15-,16-/m0/s1. The number of pyridine rings is 1. The van der Waals surface area contributed by atoms with E-state index < -0.39 is 0 Å². The van der Waals surface area contributed by atoms with E-state index in [0.29, 0.717) is 13.0 Å². The third-order valence-electron chi connectivity index (χ3n) is 5.19. The summed E-state index contributed by atoms with van der Waals surface area (Å²) in [6, 6.07) is 5.99. The van der Waals surface area contributed by atoms with Crippen molar-refractivity contribution in [3.8, 4) is 0 Å². The fourth-order valence-electron chi connectivity index (χ4n) is 4.09. The summed E-state index contributed by atoms with van der Waals surface area (Å²) >= 11 is 0. The minimum atomic E-state index is -0.191. The molecule has 24 heavy (non-hydrogen) atoms. The zero-order chi connectivity index (χ0) is 17.1. The van der Waals surface area contributed by atoms with Gasteiger partial charge in [-0.1, -0.05) is 13.0 Å². The van der Waals surface area contributed by atoms with Gasteiger partial charge in [0, 0.05) is 43.5 Å². The van der Waals surface area contributed by atoms with Crippen LogP contribution in [0.3, 0.4) is 0 Å². The van der Waals surface area contributed by atoms with Gasteiger partial charge in [-0.05, 0) is 25.0 Å². The van der Waals surface area contributed by atoms with Gasteiger partial charge in [-0.2, -0.15) is 0 Å². The van der Waals surface area contributed by atoms with Gasteiger partial charge in [0.05, 0.1) is 19.6 Å². The Hall–Kier alpha value is -1.95. The average molecular weight is 331 g/mol. The normalized spacial score (nSPS) is 27.2. The van der Waals surface area contributed by atoms with Crippen LogP contribution in [0.25, 0.3) is 0 Å². The Morgan fingerprint density at radius 1 is 1.42 bits per heavy atom. The number of amides is 1. The van der Waals surface area contributed by atoms with E-state index in [2.05, 4.69) is 9.88 Å². The number of hydrogen-bond donors (Lipinski definition) is 0. The largest absolute Gasteiger partial charge is 0.469 e. The number of methoxy groups -OCH3 is 1. The smallest absolute Gasteiger partial charge is 0.310 e. The third-order valence-corrected chi connectivity index (χ3v) is 5.19. The number of piperazine rings is 1. The van der Waals surface area contributed by atoms with Gasteiger partial charge < -0.3 is 9.64 Å². The average Bonchev–Trinajstić information content (AvgIpc) is 2.99. The predicted octanol–water partition coefficient (Wildman–Crippen LogP) is 1.11. The number of rotatable bonds is 5. The molecule has 3 rings (SSSR count). The second-order valence-corrected chi connectivity index (χ2v) is 6.60. The van der Waals surface area contributed by atoms with E-state index in [9.17, 15) is 9.59 Å². The van der Waals surface area contributed by atoms with Gasteiger partial charge in [-0.15, -0.1) is 0 Å². The monoisotopic (exact) mass is 331 g/mol. The number of carbonyl (C=O) groups excluding carboxylic acids is 2. The van der Waals surface area contributed by atoms with Crippen LogP contribution >= 0.6 is 0 Å². The van der Waals surface area contributed by atoms with Crippen molar-refractivity contribution < 1.29 is 14.3 Å². The van der Waals surface area contributed by atoms with Crippen LogP contribution in [0.15, 0.2) is 24.4 Å².